The summed E-state index contributed by atoms with van der Waals surface area (Å²) < 4.78 is 7.34. The van der Waals surface area contributed by atoms with Crippen LogP contribution in [0.2, 0.25) is 0 Å². The predicted octanol–water partition coefficient (Wildman–Crippen LogP) is 4.46. The minimum Gasteiger partial charge on any atom is -0.497 e. The van der Waals surface area contributed by atoms with Crippen molar-refractivity contribution in [2.45, 2.75) is 24.8 Å². The molecule has 6 heteroatoms. The first kappa shape index (κ1) is 16.1. The second-order valence-corrected chi connectivity index (χ2v) is 7.36. The molecule has 4 nitrogen and oxygen atoms in total. The van der Waals surface area contributed by atoms with Crippen LogP contribution in [0.4, 0.5) is 0 Å². The number of thioether (sulfide) groups is 1. The van der Waals surface area contributed by atoms with Crippen LogP contribution >= 0.6 is 23.1 Å². The Kier molecular flexibility index (Phi) is 4.73. The molecule has 0 atom stereocenters. The van der Waals surface area contributed by atoms with Crippen LogP contribution in [-0.4, -0.2) is 21.9 Å². The molecule has 0 saturated heterocycles. The molecule has 0 spiro atoms. The van der Waals surface area contributed by atoms with Crippen LogP contribution in [0.15, 0.2) is 34.8 Å². The van der Waals surface area contributed by atoms with Gasteiger partial charge in [-0.15, -0.1) is 21.5 Å². The lowest BCUT2D eigenvalue weighted by atomic mass is 10.2. The smallest absolute Gasteiger partial charge is 0.191 e. The van der Waals surface area contributed by atoms with E-state index in [9.17, 15) is 0 Å². The van der Waals surface area contributed by atoms with Crippen molar-refractivity contribution in [2.75, 3.05) is 7.11 Å². The van der Waals surface area contributed by atoms with Crippen molar-refractivity contribution in [3.8, 4) is 17.1 Å². The van der Waals surface area contributed by atoms with Crippen molar-refractivity contribution in [3.05, 3.63) is 45.6 Å². The van der Waals surface area contributed by atoms with Gasteiger partial charge in [0.15, 0.2) is 11.0 Å². The predicted molar refractivity (Wildman–Crippen MR) is 96.3 cm³/mol. The largest absolute Gasteiger partial charge is 0.497 e. The first-order valence-electron chi connectivity index (χ1n) is 7.30. The molecular weight excluding hydrogens is 326 g/mol. The molecule has 2 aromatic heterocycles. The van der Waals surface area contributed by atoms with E-state index in [1.165, 1.54) is 21.6 Å². The van der Waals surface area contributed by atoms with Crippen LogP contribution in [0.3, 0.4) is 0 Å². The number of thiophene rings is 1. The Morgan fingerprint density at radius 3 is 2.78 bits per heavy atom. The molecule has 3 rings (SSSR count). The van der Waals surface area contributed by atoms with Crippen molar-refractivity contribution in [1.29, 1.82) is 0 Å². The van der Waals surface area contributed by atoms with Crippen LogP contribution in [0.1, 0.15) is 16.0 Å². The first-order chi connectivity index (χ1) is 11.1. The standard InChI is InChI=1S/C17H19N3OS2/c1-11-12(2)22-10-15(11)16-18-19-17(20(16)3)23-9-13-6-5-7-14(8-13)21-4/h5-8,10H,9H2,1-4H3. The zero-order valence-corrected chi connectivity index (χ0v) is 15.3. The minimum atomic E-state index is 0.838. The third-order valence-electron chi connectivity index (χ3n) is 3.86. The Labute approximate surface area is 144 Å². The molecule has 0 N–H and O–H groups in total. The molecule has 0 fully saturated rings. The van der Waals surface area contributed by atoms with E-state index in [1.54, 1.807) is 30.2 Å². The average Bonchev–Trinajstić information content (AvgIpc) is 3.09. The molecule has 0 unspecified atom stereocenters. The number of aryl methyl sites for hydroxylation is 1. The van der Waals surface area contributed by atoms with Crippen LogP contribution < -0.4 is 4.74 Å². The van der Waals surface area contributed by atoms with Gasteiger partial charge in [-0.2, -0.15) is 0 Å². The van der Waals surface area contributed by atoms with E-state index in [4.69, 9.17) is 4.74 Å². The molecule has 0 aliphatic carbocycles. The number of ether oxygens (including phenoxy) is 1. The molecule has 120 valence electrons. The summed E-state index contributed by atoms with van der Waals surface area (Å²) in [7, 11) is 3.71. The van der Waals surface area contributed by atoms with Crippen LogP contribution in [0, 0.1) is 13.8 Å². The second kappa shape index (κ2) is 6.76. The minimum absolute atomic E-state index is 0.838. The Balaban J connectivity index is 1.78. The number of hydrogen-bond acceptors (Lipinski definition) is 5. The monoisotopic (exact) mass is 345 g/mol. The fourth-order valence-corrected chi connectivity index (χ4v) is 4.04. The zero-order valence-electron chi connectivity index (χ0n) is 13.7. The average molecular weight is 345 g/mol. The van der Waals surface area contributed by atoms with Crippen molar-refractivity contribution in [3.63, 3.8) is 0 Å². The molecule has 1 aromatic carbocycles. The van der Waals surface area contributed by atoms with Crippen molar-refractivity contribution in [1.82, 2.24) is 14.8 Å². The number of hydrogen-bond donors (Lipinski definition) is 0. The van der Waals surface area contributed by atoms with Gasteiger partial charge in [0.25, 0.3) is 0 Å². The molecule has 23 heavy (non-hydrogen) atoms. The summed E-state index contributed by atoms with van der Waals surface area (Å²) in [6.07, 6.45) is 0. The summed E-state index contributed by atoms with van der Waals surface area (Å²) in [6, 6.07) is 8.11. The van der Waals surface area contributed by atoms with Crippen LogP contribution in [-0.2, 0) is 12.8 Å². The lowest BCUT2D eigenvalue weighted by molar-refractivity contribution is 0.414. The van der Waals surface area contributed by atoms with Gasteiger partial charge in [0.05, 0.1) is 7.11 Å². The highest BCUT2D eigenvalue weighted by atomic mass is 32.2. The molecule has 0 aliphatic rings. The van der Waals surface area contributed by atoms with Crippen LogP contribution in [0.5, 0.6) is 5.75 Å². The summed E-state index contributed by atoms with van der Waals surface area (Å²) in [5.74, 6) is 2.65. The van der Waals surface area contributed by atoms with Gasteiger partial charge in [-0.3, -0.25) is 0 Å². The van der Waals surface area contributed by atoms with E-state index >= 15 is 0 Å². The highest BCUT2D eigenvalue weighted by Crippen LogP contribution is 2.31. The maximum Gasteiger partial charge on any atom is 0.191 e. The number of aromatic nitrogens is 3. The highest BCUT2D eigenvalue weighted by molar-refractivity contribution is 7.98. The SMILES string of the molecule is COc1cccc(CSc2nnc(-c3csc(C)c3C)n2C)c1. The lowest BCUT2D eigenvalue weighted by Crippen LogP contribution is -1.95. The lowest BCUT2D eigenvalue weighted by Gasteiger charge is -2.05. The quantitative estimate of drug-likeness (QED) is 0.640. The summed E-state index contributed by atoms with van der Waals surface area (Å²) in [5.41, 5.74) is 3.67. The highest BCUT2D eigenvalue weighted by Gasteiger charge is 2.15. The van der Waals surface area contributed by atoms with E-state index in [0.29, 0.717) is 0 Å². The molecule has 0 aliphatic heterocycles. The summed E-state index contributed by atoms with van der Waals surface area (Å²) >= 11 is 3.44. The van der Waals surface area contributed by atoms with E-state index < -0.39 is 0 Å². The van der Waals surface area contributed by atoms with Gasteiger partial charge in [0.1, 0.15) is 5.75 Å². The Morgan fingerprint density at radius 1 is 1.26 bits per heavy atom. The van der Waals surface area contributed by atoms with Gasteiger partial charge in [-0.25, -0.2) is 0 Å². The van der Waals surface area contributed by atoms with E-state index in [2.05, 4.69) is 46.1 Å². The molecule has 0 radical (unpaired) electrons. The van der Waals surface area contributed by atoms with E-state index in [-0.39, 0.29) is 0 Å². The van der Waals surface area contributed by atoms with Gasteiger partial charge in [0, 0.05) is 28.6 Å². The van der Waals surface area contributed by atoms with Gasteiger partial charge >= 0.3 is 0 Å². The Hall–Kier alpha value is -1.79. The molecule has 0 bridgehead atoms. The Morgan fingerprint density at radius 2 is 2.09 bits per heavy atom. The molecule has 0 amide bonds. The number of nitrogens with zero attached hydrogens (tertiary/aromatic N) is 3. The van der Waals surface area contributed by atoms with Crippen molar-refractivity contribution >= 4 is 23.1 Å². The van der Waals surface area contributed by atoms with Crippen molar-refractivity contribution < 1.29 is 4.74 Å². The zero-order chi connectivity index (χ0) is 16.4. The second-order valence-electron chi connectivity index (χ2n) is 5.34. The third kappa shape index (κ3) is 3.28. The van der Waals surface area contributed by atoms with Gasteiger partial charge in [-0.1, -0.05) is 23.9 Å². The molecular formula is C17H19N3OS2. The third-order valence-corrected chi connectivity index (χ3v) is 5.97. The fourth-order valence-electron chi connectivity index (χ4n) is 2.32. The number of rotatable bonds is 5. The molecule has 0 saturated carbocycles. The molecule has 3 aromatic rings. The normalized spacial score (nSPS) is 11.0. The van der Waals surface area contributed by atoms with Crippen molar-refractivity contribution in [2.24, 2.45) is 7.05 Å². The number of methoxy groups -OCH3 is 1. The van der Waals surface area contributed by atoms with Gasteiger partial charge < -0.3 is 9.30 Å². The summed E-state index contributed by atoms with van der Waals surface area (Å²) in [5, 5.41) is 11.8. The first-order valence-corrected chi connectivity index (χ1v) is 9.17. The Bertz CT molecular complexity index is 823. The number of benzene rings is 1. The van der Waals surface area contributed by atoms with E-state index in [1.807, 2.05) is 19.2 Å². The fraction of sp³-hybridized carbons (Fsp3) is 0.294. The summed E-state index contributed by atoms with van der Waals surface area (Å²) in [4.78, 5) is 1.33. The van der Waals surface area contributed by atoms with E-state index in [0.717, 1.165) is 22.5 Å². The van der Waals surface area contributed by atoms with Crippen LogP contribution in [0.25, 0.3) is 11.4 Å². The summed E-state index contributed by atoms with van der Waals surface area (Å²) in [6.45, 7) is 4.28. The van der Waals surface area contributed by atoms with Gasteiger partial charge in [-0.05, 0) is 37.1 Å². The maximum atomic E-state index is 5.27. The van der Waals surface area contributed by atoms with Gasteiger partial charge in [0.2, 0.25) is 0 Å². The molecule has 2 heterocycles. The topological polar surface area (TPSA) is 39.9 Å². The maximum absolute atomic E-state index is 5.27.